The number of aryl methyl sites for hydroxylation is 1. The van der Waals surface area contributed by atoms with Gasteiger partial charge in [0.05, 0.1) is 11.8 Å². The number of pyridine rings is 1. The van der Waals surface area contributed by atoms with Crippen LogP contribution in [-0.2, 0) is 10.0 Å². The molecule has 0 saturated heterocycles. The number of hydrogen-bond donors (Lipinski definition) is 1. The average molecular weight is 285 g/mol. The molecule has 1 heterocycles. The van der Waals surface area contributed by atoms with Gasteiger partial charge in [-0.1, -0.05) is 0 Å². The van der Waals surface area contributed by atoms with Crippen molar-refractivity contribution < 1.29 is 13.2 Å². The molecule has 6 nitrogen and oxygen atoms in total. The van der Waals surface area contributed by atoms with Crippen LogP contribution in [-0.4, -0.2) is 50.0 Å². The van der Waals surface area contributed by atoms with E-state index in [9.17, 15) is 13.2 Å². The second-order valence-corrected chi connectivity index (χ2v) is 6.47. The van der Waals surface area contributed by atoms with Gasteiger partial charge in [0.25, 0.3) is 5.91 Å². The average Bonchev–Trinajstić information content (AvgIpc) is 2.33. The summed E-state index contributed by atoms with van der Waals surface area (Å²) in [6, 6.07) is 3.48. The highest BCUT2D eigenvalue weighted by Crippen LogP contribution is 1.99. The molecule has 0 aromatic carbocycles. The fourth-order valence-corrected chi connectivity index (χ4v) is 1.83. The number of nitrogens with one attached hydrogen (secondary N) is 1. The zero-order chi connectivity index (χ0) is 14.5. The first-order valence-electron chi connectivity index (χ1n) is 5.93. The topological polar surface area (TPSA) is 79.4 Å². The van der Waals surface area contributed by atoms with E-state index in [1.165, 1.54) is 17.5 Å². The van der Waals surface area contributed by atoms with Crippen molar-refractivity contribution in [2.45, 2.75) is 13.3 Å². The molecular formula is C12H19N3O3S. The van der Waals surface area contributed by atoms with E-state index in [-0.39, 0.29) is 5.91 Å². The fourth-order valence-electron chi connectivity index (χ4n) is 1.37. The van der Waals surface area contributed by atoms with Gasteiger partial charge in [0.2, 0.25) is 10.0 Å². The smallest absolute Gasteiger partial charge is 0.252 e. The Morgan fingerprint density at radius 2 is 2.11 bits per heavy atom. The van der Waals surface area contributed by atoms with Crippen molar-refractivity contribution in [2.75, 3.05) is 26.4 Å². The number of carbonyl (C=O) groups is 1. The monoisotopic (exact) mass is 285 g/mol. The van der Waals surface area contributed by atoms with Gasteiger partial charge in [0, 0.05) is 32.0 Å². The Bertz CT molecular complexity index is 526. The number of nitrogens with zero attached hydrogens (tertiary/aromatic N) is 2. The molecule has 0 aliphatic heterocycles. The highest BCUT2D eigenvalue weighted by molar-refractivity contribution is 7.88. The van der Waals surface area contributed by atoms with Gasteiger partial charge in [0.15, 0.2) is 0 Å². The molecule has 7 heteroatoms. The minimum atomic E-state index is -3.15. The van der Waals surface area contributed by atoms with Crippen LogP contribution in [0.3, 0.4) is 0 Å². The van der Waals surface area contributed by atoms with Crippen molar-refractivity contribution in [3.63, 3.8) is 0 Å². The first kappa shape index (κ1) is 15.6. The lowest BCUT2D eigenvalue weighted by molar-refractivity contribution is 0.0952. The Morgan fingerprint density at radius 1 is 1.42 bits per heavy atom. The molecule has 0 aliphatic rings. The molecule has 0 spiro atoms. The van der Waals surface area contributed by atoms with E-state index in [1.54, 1.807) is 12.1 Å². The summed E-state index contributed by atoms with van der Waals surface area (Å²) in [7, 11) is -1.63. The van der Waals surface area contributed by atoms with Crippen molar-refractivity contribution in [2.24, 2.45) is 0 Å². The zero-order valence-electron chi connectivity index (χ0n) is 11.4. The normalized spacial score (nSPS) is 11.6. The predicted molar refractivity (Wildman–Crippen MR) is 73.4 cm³/mol. The molecule has 1 rings (SSSR count). The van der Waals surface area contributed by atoms with Crippen molar-refractivity contribution in [3.8, 4) is 0 Å². The van der Waals surface area contributed by atoms with Crippen LogP contribution in [0.15, 0.2) is 18.3 Å². The SMILES string of the molecule is Cc1ccc(C(=O)NCCCN(C)S(C)(=O)=O)cn1. The molecule has 0 saturated carbocycles. The molecule has 0 fully saturated rings. The summed E-state index contributed by atoms with van der Waals surface area (Å²) in [4.78, 5) is 15.8. The summed E-state index contributed by atoms with van der Waals surface area (Å²) < 4.78 is 23.5. The molecule has 1 amide bonds. The summed E-state index contributed by atoms with van der Waals surface area (Å²) in [5, 5.41) is 2.72. The van der Waals surface area contributed by atoms with Gasteiger partial charge < -0.3 is 5.32 Å². The van der Waals surface area contributed by atoms with Gasteiger partial charge in [-0.2, -0.15) is 0 Å². The highest BCUT2D eigenvalue weighted by Gasteiger charge is 2.10. The van der Waals surface area contributed by atoms with Gasteiger partial charge in [0.1, 0.15) is 0 Å². The number of sulfonamides is 1. The fraction of sp³-hybridized carbons (Fsp3) is 0.500. The zero-order valence-corrected chi connectivity index (χ0v) is 12.2. The minimum Gasteiger partial charge on any atom is -0.352 e. The van der Waals surface area contributed by atoms with Crippen molar-refractivity contribution in [1.29, 1.82) is 0 Å². The maximum Gasteiger partial charge on any atom is 0.252 e. The molecule has 1 aromatic rings. The van der Waals surface area contributed by atoms with E-state index in [0.717, 1.165) is 11.9 Å². The molecule has 1 aromatic heterocycles. The van der Waals surface area contributed by atoms with E-state index in [4.69, 9.17) is 0 Å². The van der Waals surface area contributed by atoms with Crippen LogP contribution < -0.4 is 5.32 Å². The summed E-state index contributed by atoms with van der Waals surface area (Å²) in [6.45, 7) is 2.65. The Morgan fingerprint density at radius 3 is 2.63 bits per heavy atom. The van der Waals surface area contributed by atoms with Gasteiger partial charge in [-0.05, 0) is 25.5 Å². The van der Waals surface area contributed by atoms with Gasteiger partial charge in [-0.15, -0.1) is 0 Å². The van der Waals surface area contributed by atoms with Crippen LogP contribution >= 0.6 is 0 Å². The van der Waals surface area contributed by atoms with E-state index in [1.807, 2.05) is 6.92 Å². The van der Waals surface area contributed by atoms with Crippen molar-refractivity contribution in [1.82, 2.24) is 14.6 Å². The third-order valence-electron chi connectivity index (χ3n) is 2.68. The highest BCUT2D eigenvalue weighted by atomic mass is 32.2. The number of amides is 1. The van der Waals surface area contributed by atoms with E-state index >= 15 is 0 Å². The minimum absolute atomic E-state index is 0.200. The lowest BCUT2D eigenvalue weighted by Crippen LogP contribution is -2.31. The molecule has 106 valence electrons. The second-order valence-electron chi connectivity index (χ2n) is 4.38. The number of hydrogen-bond acceptors (Lipinski definition) is 4. The molecule has 19 heavy (non-hydrogen) atoms. The molecule has 0 aliphatic carbocycles. The Labute approximate surface area is 113 Å². The van der Waals surface area contributed by atoms with Gasteiger partial charge in [-0.3, -0.25) is 9.78 Å². The first-order valence-corrected chi connectivity index (χ1v) is 7.77. The molecule has 0 radical (unpaired) electrons. The third kappa shape index (κ3) is 5.35. The first-order chi connectivity index (χ1) is 8.80. The summed E-state index contributed by atoms with van der Waals surface area (Å²) >= 11 is 0. The van der Waals surface area contributed by atoms with Crippen molar-refractivity contribution in [3.05, 3.63) is 29.6 Å². The quantitative estimate of drug-likeness (QED) is 0.767. The lowest BCUT2D eigenvalue weighted by atomic mass is 10.2. The van der Waals surface area contributed by atoms with Crippen LogP contribution in [0.5, 0.6) is 0 Å². The van der Waals surface area contributed by atoms with Crippen LogP contribution in [0.4, 0.5) is 0 Å². The van der Waals surface area contributed by atoms with Crippen LogP contribution in [0.25, 0.3) is 0 Å². The number of rotatable bonds is 6. The second kappa shape index (κ2) is 6.63. The standard InChI is InChI=1S/C12H19N3O3S/c1-10-5-6-11(9-14-10)12(16)13-7-4-8-15(2)19(3,17)18/h5-6,9H,4,7-8H2,1-3H3,(H,13,16). The van der Waals surface area contributed by atoms with E-state index in [0.29, 0.717) is 25.1 Å². The predicted octanol–water partition coefficient (Wildman–Crippen LogP) is 0.401. The largest absolute Gasteiger partial charge is 0.352 e. The number of aromatic nitrogens is 1. The number of carbonyl (C=O) groups excluding carboxylic acids is 1. The molecule has 1 N–H and O–H groups in total. The van der Waals surface area contributed by atoms with Gasteiger partial charge >= 0.3 is 0 Å². The molecule has 0 atom stereocenters. The Kier molecular flexibility index (Phi) is 5.44. The molecule has 0 bridgehead atoms. The van der Waals surface area contributed by atoms with Crippen LogP contribution in [0, 0.1) is 6.92 Å². The van der Waals surface area contributed by atoms with Crippen molar-refractivity contribution >= 4 is 15.9 Å². The molecule has 0 unspecified atom stereocenters. The van der Waals surface area contributed by atoms with E-state index in [2.05, 4.69) is 10.3 Å². The third-order valence-corrected chi connectivity index (χ3v) is 3.99. The summed E-state index contributed by atoms with van der Waals surface area (Å²) in [5.74, 6) is -0.200. The van der Waals surface area contributed by atoms with Crippen LogP contribution in [0.2, 0.25) is 0 Å². The lowest BCUT2D eigenvalue weighted by Gasteiger charge is -2.13. The van der Waals surface area contributed by atoms with E-state index < -0.39 is 10.0 Å². The Balaban J connectivity index is 2.34. The summed E-state index contributed by atoms with van der Waals surface area (Å²) in [5.41, 5.74) is 1.35. The maximum absolute atomic E-state index is 11.7. The Hall–Kier alpha value is -1.47. The summed E-state index contributed by atoms with van der Waals surface area (Å²) in [6.07, 6.45) is 3.24. The van der Waals surface area contributed by atoms with Gasteiger partial charge in [-0.25, -0.2) is 12.7 Å². The van der Waals surface area contributed by atoms with Crippen LogP contribution in [0.1, 0.15) is 22.5 Å². The molecular weight excluding hydrogens is 266 g/mol. The maximum atomic E-state index is 11.7.